The van der Waals surface area contributed by atoms with Crippen LogP contribution in [0.4, 0.5) is 5.82 Å². The van der Waals surface area contributed by atoms with Crippen molar-refractivity contribution < 1.29 is 14.2 Å². The van der Waals surface area contributed by atoms with Crippen molar-refractivity contribution in [3.05, 3.63) is 34.9 Å². The van der Waals surface area contributed by atoms with E-state index >= 15 is 0 Å². The van der Waals surface area contributed by atoms with Gasteiger partial charge < -0.3 is 19.5 Å². The first-order valence-corrected chi connectivity index (χ1v) is 9.05. The predicted molar refractivity (Wildman–Crippen MR) is 99.4 cm³/mol. The fraction of sp³-hybridized carbons (Fsp3) is 0.500. The third-order valence-electron chi connectivity index (χ3n) is 5.22. The van der Waals surface area contributed by atoms with Gasteiger partial charge >= 0.3 is 0 Å². The standard InChI is InChI=1S/C20H25N3O3/c1-12-5-6-14(16(9-12)25-11-24-4)18-15-10-20(7-8-20)26-13(2)17(15)19(21-3)23-22-18/h5-6,9,13H,7-8,10-11H2,1-4H3,(H,21,23). The van der Waals surface area contributed by atoms with E-state index in [2.05, 4.69) is 34.6 Å². The van der Waals surface area contributed by atoms with Crippen LogP contribution in [0.5, 0.6) is 5.75 Å². The number of benzene rings is 1. The van der Waals surface area contributed by atoms with Crippen LogP contribution < -0.4 is 10.1 Å². The number of hydrogen-bond donors (Lipinski definition) is 1. The zero-order valence-electron chi connectivity index (χ0n) is 15.8. The van der Waals surface area contributed by atoms with E-state index in [1.807, 2.05) is 20.0 Å². The zero-order valence-corrected chi connectivity index (χ0v) is 15.8. The highest BCUT2D eigenvalue weighted by molar-refractivity contribution is 5.73. The summed E-state index contributed by atoms with van der Waals surface area (Å²) in [7, 11) is 3.49. The summed E-state index contributed by atoms with van der Waals surface area (Å²) in [6, 6.07) is 6.15. The van der Waals surface area contributed by atoms with Gasteiger partial charge in [-0.3, -0.25) is 0 Å². The third-order valence-corrected chi connectivity index (χ3v) is 5.22. The number of fused-ring (bicyclic) bond motifs is 1. The third kappa shape index (κ3) is 2.93. The minimum atomic E-state index is -0.0204. The smallest absolute Gasteiger partial charge is 0.188 e. The molecule has 0 bridgehead atoms. The quantitative estimate of drug-likeness (QED) is 0.826. The molecule has 0 amide bonds. The molecule has 1 aromatic carbocycles. The highest BCUT2D eigenvalue weighted by atomic mass is 16.7. The summed E-state index contributed by atoms with van der Waals surface area (Å²) in [6.45, 7) is 4.34. The largest absolute Gasteiger partial charge is 0.467 e. The zero-order chi connectivity index (χ0) is 18.3. The van der Waals surface area contributed by atoms with Gasteiger partial charge in [0.2, 0.25) is 0 Å². The maximum Gasteiger partial charge on any atom is 0.188 e. The van der Waals surface area contributed by atoms with E-state index in [9.17, 15) is 0 Å². The fourth-order valence-electron chi connectivity index (χ4n) is 3.80. The van der Waals surface area contributed by atoms with Gasteiger partial charge in [-0.15, -0.1) is 10.2 Å². The Labute approximate surface area is 153 Å². The Morgan fingerprint density at radius 1 is 1.31 bits per heavy atom. The summed E-state index contributed by atoms with van der Waals surface area (Å²) in [5, 5.41) is 12.2. The lowest BCUT2D eigenvalue weighted by molar-refractivity contribution is -0.0338. The minimum Gasteiger partial charge on any atom is -0.467 e. The van der Waals surface area contributed by atoms with Crippen LogP contribution in [-0.4, -0.2) is 36.7 Å². The number of rotatable bonds is 5. The van der Waals surface area contributed by atoms with Crippen molar-refractivity contribution >= 4 is 5.82 Å². The SMILES string of the molecule is CNc1nnc(-c2ccc(C)cc2OCOC)c2c1C(C)OC1(CC1)C2. The van der Waals surface area contributed by atoms with Crippen LogP contribution in [0.15, 0.2) is 18.2 Å². The normalized spacial score (nSPS) is 19.9. The number of nitrogens with one attached hydrogen (secondary N) is 1. The topological polar surface area (TPSA) is 65.5 Å². The number of anilines is 1. The predicted octanol–water partition coefficient (Wildman–Crippen LogP) is 3.64. The molecule has 138 valence electrons. The summed E-state index contributed by atoms with van der Waals surface area (Å²) in [5.74, 6) is 1.56. The van der Waals surface area contributed by atoms with E-state index in [1.54, 1.807) is 7.11 Å². The van der Waals surface area contributed by atoms with E-state index in [1.165, 1.54) is 5.56 Å². The second kappa shape index (κ2) is 6.52. The minimum absolute atomic E-state index is 0.00765. The van der Waals surface area contributed by atoms with Crippen LogP contribution in [0.2, 0.25) is 0 Å². The molecule has 0 radical (unpaired) electrons. The number of nitrogens with zero attached hydrogens (tertiary/aromatic N) is 2. The van der Waals surface area contributed by atoms with Crippen LogP contribution in [0.25, 0.3) is 11.3 Å². The summed E-state index contributed by atoms with van der Waals surface area (Å²) in [5.41, 5.74) is 5.26. The molecule has 1 N–H and O–H groups in total. The molecule has 2 heterocycles. The van der Waals surface area contributed by atoms with E-state index in [0.29, 0.717) is 0 Å². The molecule has 1 unspecified atom stereocenters. The Balaban J connectivity index is 1.87. The van der Waals surface area contributed by atoms with Crippen molar-refractivity contribution in [3.63, 3.8) is 0 Å². The summed E-state index contributed by atoms with van der Waals surface area (Å²) >= 11 is 0. The van der Waals surface area contributed by atoms with Crippen LogP contribution in [0.3, 0.4) is 0 Å². The van der Waals surface area contributed by atoms with Crippen molar-refractivity contribution in [2.24, 2.45) is 0 Å². The van der Waals surface area contributed by atoms with E-state index in [4.69, 9.17) is 14.2 Å². The Morgan fingerprint density at radius 3 is 2.81 bits per heavy atom. The first kappa shape index (κ1) is 17.2. The Bertz CT molecular complexity index is 833. The molecule has 6 heteroatoms. The van der Waals surface area contributed by atoms with E-state index in [-0.39, 0.29) is 18.5 Å². The second-order valence-electron chi connectivity index (χ2n) is 7.21. The summed E-state index contributed by atoms with van der Waals surface area (Å²) < 4.78 is 17.2. The van der Waals surface area contributed by atoms with Crippen molar-refractivity contribution in [3.8, 4) is 17.0 Å². The van der Waals surface area contributed by atoms with Crippen molar-refractivity contribution in [2.45, 2.75) is 44.8 Å². The number of methoxy groups -OCH3 is 1. The van der Waals surface area contributed by atoms with Crippen LogP contribution in [-0.2, 0) is 15.9 Å². The molecular weight excluding hydrogens is 330 g/mol. The van der Waals surface area contributed by atoms with Crippen LogP contribution in [0, 0.1) is 6.92 Å². The number of hydrogen-bond acceptors (Lipinski definition) is 6. The summed E-state index contributed by atoms with van der Waals surface area (Å²) in [4.78, 5) is 0. The van der Waals surface area contributed by atoms with Crippen molar-refractivity contribution in [1.29, 1.82) is 0 Å². The monoisotopic (exact) mass is 355 g/mol. The fourth-order valence-corrected chi connectivity index (χ4v) is 3.80. The lowest BCUT2D eigenvalue weighted by Crippen LogP contribution is -2.28. The Morgan fingerprint density at radius 2 is 2.12 bits per heavy atom. The number of ether oxygens (including phenoxy) is 3. The lowest BCUT2D eigenvalue weighted by atomic mass is 9.90. The van der Waals surface area contributed by atoms with Gasteiger partial charge in [-0.25, -0.2) is 0 Å². The molecule has 1 saturated carbocycles. The van der Waals surface area contributed by atoms with Gasteiger partial charge in [0.15, 0.2) is 12.6 Å². The average Bonchev–Trinajstić information content (AvgIpc) is 3.37. The number of aryl methyl sites for hydroxylation is 1. The van der Waals surface area contributed by atoms with Gasteiger partial charge in [0, 0.05) is 31.7 Å². The van der Waals surface area contributed by atoms with E-state index < -0.39 is 0 Å². The average molecular weight is 355 g/mol. The molecule has 1 atom stereocenters. The maximum atomic E-state index is 6.30. The van der Waals surface area contributed by atoms with Crippen molar-refractivity contribution in [1.82, 2.24) is 10.2 Å². The van der Waals surface area contributed by atoms with Gasteiger partial charge in [0.1, 0.15) is 11.4 Å². The molecule has 1 aromatic heterocycles. The molecule has 6 nitrogen and oxygen atoms in total. The van der Waals surface area contributed by atoms with Gasteiger partial charge in [0.05, 0.1) is 11.7 Å². The molecule has 1 aliphatic carbocycles. The maximum absolute atomic E-state index is 6.30. The van der Waals surface area contributed by atoms with Crippen LogP contribution >= 0.6 is 0 Å². The Hall–Kier alpha value is -2.18. The van der Waals surface area contributed by atoms with Gasteiger partial charge in [-0.1, -0.05) is 6.07 Å². The molecule has 1 spiro atoms. The molecule has 1 fully saturated rings. The Kier molecular flexibility index (Phi) is 4.32. The highest BCUT2D eigenvalue weighted by Gasteiger charge is 2.50. The van der Waals surface area contributed by atoms with Crippen LogP contribution in [0.1, 0.15) is 42.6 Å². The molecule has 0 saturated heterocycles. The molecule has 26 heavy (non-hydrogen) atoms. The van der Waals surface area contributed by atoms with E-state index in [0.717, 1.165) is 53.2 Å². The molecule has 4 rings (SSSR count). The first-order chi connectivity index (χ1) is 12.6. The number of aromatic nitrogens is 2. The first-order valence-electron chi connectivity index (χ1n) is 9.05. The van der Waals surface area contributed by atoms with Gasteiger partial charge in [-0.05, 0) is 49.9 Å². The molecule has 2 aliphatic rings. The van der Waals surface area contributed by atoms with Gasteiger partial charge in [-0.2, -0.15) is 0 Å². The molecule has 1 aliphatic heterocycles. The highest BCUT2D eigenvalue weighted by Crippen LogP contribution is 2.53. The lowest BCUT2D eigenvalue weighted by Gasteiger charge is -2.32. The molecular formula is C20H25N3O3. The molecule has 2 aromatic rings. The summed E-state index contributed by atoms with van der Waals surface area (Å²) in [6.07, 6.45) is 3.07. The van der Waals surface area contributed by atoms with Gasteiger partial charge in [0.25, 0.3) is 0 Å². The van der Waals surface area contributed by atoms with Crippen molar-refractivity contribution in [2.75, 3.05) is 26.3 Å². The second-order valence-corrected chi connectivity index (χ2v) is 7.21.